The lowest BCUT2D eigenvalue weighted by Gasteiger charge is -2.06. The van der Waals surface area contributed by atoms with Crippen LogP contribution in [0.4, 0.5) is 0 Å². The molecule has 0 saturated carbocycles. The zero-order chi connectivity index (χ0) is 14.4. The number of rotatable bonds is 5. The highest BCUT2D eigenvalue weighted by Crippen LogP contribution is 2.19. The lowest BCUT2D eigenvalue weighted by Crippen LogP contribution is -2.25. The minimum Gasteiger partial charge on any atom is -0.351 e. The first-order chi connectivity index (χ1) is 9.65. The summed E-state index contributed by atoms with van der Waals surface area (Å²) < 4.78 is 1.06. The Morgan fingerprint density at radius 2 is 1.95 bits per heavy atom. The third-order valence-electron chi connectivity index (χ3n) is 2.56. The molecule has 2 nitrogen and oxygen atoms in total. The lowest BCUT2D eigenvalue weighted by atomic mass is 10.2. The van der Waals surface area contributed by atoms with Gasteiger partial charge in [-0.05, 0) is 65.1 Å². The normalized spacial score (nSPS) is 10.3. The molecular formula is C15H13ClINOS. The van der Waals surface area contributed by atoms with Gasteiger partial charge in [0.25, 0.3) is 5.91 Å². The van der Waals surface area contributed by atoms with Gasteiger partial charge in [-0.3, -0.25) is 4.79 Å². The van der Waals surface area contributed by atoms with E-state index in [2.05, 4.69) is 27.9 Å². The van der Waals surface area contributed by atoms with E-state index in [9.17, 15) is 4.79 Å². The van der Waals surface area contributed by atoms with Crippen molar-refractivity contribution in [3.05, 3.63) is 62.7 Å². The van der Waals surface area contributed by atoms with Crippen molar-refractivity contribution in [3.8, 4) is 0 Å². The van der Waals surface area contributed by atoms with E-state index in [1.165, 1.54) is 0 Å². The second-order valence-corrected chi connectivity index (χ2v) is 6.92. The molecule has 0 fully saturated rings. The number of carbonyl (C=O) groups is 1. The van der Waals surface area contributed by atoms with Crippen molar-refractivity contribution >= 4 is 51.9 Å². The lowest BCUT2D eigenvalue weighted by molar-refractivity contribution is 0.0956. The molecule has 20 heavy (non-hydrogen) atoms. The first-order valence-corrected chi connectivity index (χ1v) is 8.51. The van der Waals surface area contributed by atoms with Crippen LogP contribution >= 0.6 is 46.0 Å². The minimum atomic E-state index is -0.0276. The van der Waals surface area contributed by atoms with Crippen molar-refractivity contribution in [1.29, 1.82) is 0 Å². The minimum absolute atomic E-state index is 0.0276. The Morgan fingerprint density at radius 3 is 2.65 bits per heavy atom. The van der Waals surface area contributed by atoms with E-state index in [1.54, 1.807) is 11.8 Å². The second kappa shape index (κ2) is 7.90. The third-order valence-corrected chi connectivity index (χ3v) is 4.49. The monoisotopic (exact) mass is 417 g/mol. The van der Waals surface area contributed by atoms with Crippen LogP contribution in [0.3, 0.4) is 0 Å². The second-order valence-electron chi connectivity index (χ2n) is 4.07. The van der Waals surface area contributed by atoms with E-state index in [1.807, 2.05) is 48.5 Å². The average molecular weight is 418 g/mol. The van der Waals surface area contributed by atoms with Gasteiger partial charge in [-0.25, -0.2) is 0 Å². The Hall–Kier alpha value is -0.720. The molecule has 0 aromatic heterocycles. The summed E-state index contributed by atoms with van der Waals surface area (Å²) in [5, 5.41) is 3.66. The quantitative estimate of drug-likeness (QED) is 0.442. The summed E-state index contributed by atoms with van der Waals surface area (Å²) in [6.07, 6.45) is 0. The van der Waals surface area contributed by atoms with Gasteiger partial charge in [0, 0.05) is 31.3 Å². The summed E-state index contributed by atoms with van der Waals surface area (Å²) in [7, 11) is 0. The van der Waals surface area contributed by atoms with Crippen molar-refractivity contribution in [1.82, 2.24) is 5.32 Å². The van der Waals surface area contributed by atoms with Gasteiger partial charge in [-0.2, -0.15) is 0 Å². The number of halogens is 2. The SMILES string of the molecule is O=C(NCCSc1ccc(Cl)cc1)c1cccc(I)c1. The molecule has 1 amide bonds. The standard InChI is InChI=1S/C15H13ClINOS/c16-12-4-6-14(7-5-12)20-9-8-18-15(19)11-2-1-3-13(17)10-11/h1-7,10H,8-9H2,(H,18,19). The summed E-state index contributed by atoms with van der Waals surface area (Å²) in [6.45, 7) is 0.637. The molecule has 0 spiro atoms. The Morgan fingerprint density at radius 1 is 1.20 bits per heavy atom. The maximum Gasteiger partial charge on any atom is 0.251 e. The molecule has 0 aliphatic carbocycles. The van der Waals surface area contributed by atoms with E-state index in [4.69, 9.17) is 11.6 Å². The summed E-state index contributed by atoms with van der Waals surface area (Å²) in [5.74, 6) is 0.803. The van der Waals surface area contributed by atoms with Crippen LogP contribution < -0.4 is 5.32 Å². The number of benzene rings is 2. The van der Waals surface area contributed by atoms with Crippen LogP contribution in [-0.2, 0) is 0 Å². The molecule has 0 saturated heterocycles. The van der Waals surface area contributed by atoms with Crippen molar-refractivity contribution < 1.29 is 4.79 Å². The van der Waals surface area contributed by atoms with Gasteiger partial charge in [0.1, 0.15) is 0 Å². The van der Waals surface area contributed by atoms with Gasteiger partial charge in [0.2, 0.25) is 0 Å². The van der Waals surface area contributed by atoms with Crippen molar-refractivity contribution in [2.75, 3.05) is 12.3 Å². The molecule has 0 heterocycles. The maximum atomic E-state index is 11.9. The number of nitrogens with one attached hydrogen (secondary N) is 1. The van der Waals surface area contributed by atoms with Crippen molar-refractivity contribution in [2.45, 2.75) is 4.90 Å². The zero-order valence-electron chi connectivity index (χ0n) is 10.6. The predicted octanol–water partition coefficient (Wildman–Crippen LogP) is 4.47. The largest absolute Gasteiger partial charge is 0.351 e. The van der Waals surface area contributed by atoms with Crippen LogP contribution in [0.1, 0.15) is 10.4 Å². The van der Waals surface area contributed by atoms with E-state index in [0.717, 1.165) is 19.2 Å². The van der Waals surface area contributed by atoms with Gasteiger partial charge in [0.05, 0.1) is 0 Å². The van der Waals surface area contributed by atoms with Crippen LogP contribution in [0.15, 0.2) is 53.4 Å². The van der Waals surface area contributed by atoms with Crippen LogP contribution in [0.2, 0.25) is 5.02 Å². The van der Waals surface area contributed by atoms with Crippen molar-refractivity contribution in [3.63, 3.8) is 0 Å². The third kappa shape index (κ3) is 5.00. The van der Waals surface area contributed by atoms with E-state index >= 15 is 0 Å². The fourth-order valence-corrected chi connectivity index (χ4v) is 3.03. The number of thioether (sulfide) groups is 1. The number of amides is 1. The Labute approximate surface area is 141 Å². The predicted molar refractivity (Wildman–Crippen MR) is 93.7 cm³/mol. The molecule has 2 aromatic rings. The molecule has 0 bridgehead atoms. The Kier molecular flexibility index (Phi) is 6.19. The molecule has 104 valence electrons. The fourth-order valence-electron chi connectivity index (χ4n) is 1.60. The zero-order valence-corrected chi connectivity index (χ0v) is 14.3. The number of carbonyl (C=O) groups excluding carboxylic acids is 1. The first-order valence-electron chi connectivity index (χ1n) is 6.07. The van der Waals surface area contributed by atoms with Crippen molar-refractivity contribution in [2.24, 2.45) is 0 Å². The molecule has 2 rings (SSSR count). The fraction of sp³-hybridized carbons (Fsp3) is 0.133. The van der Waals surface area contributed by atoms with E-state index < -0.39 is 0 Å². The van der Waals surface area contributed by atoms with Gasteiger partial charge in [-0.1, -0.05) is 17.7 Å². The Bertz CT molecular complexity index is 589. The molecule has 0 radical (unpaired) electrons. The maximum absolute atomic E-state index is 11.9. The van der Waals surface area contributed by atoms with Gasteiger partial charge in [0.15, 0.2) is 0 Å². The first kappa shape index (κ1) is 15.7. The molecular weight excluding hydrogens is 405 g/mol. The molecule has 0 unspecified atom stereocenters. The smallest absolute Gasteiger partial charge is 0.251 e. The van der Waals surface area contributed by atoms with Gasteiger partial charge in [-0.15, -0.1) is 11.8 Å². The van der Waals surface area contributed by atoms with Crippen LogP contribution in [0, 0.1) is 3.57 Å². The summed E-state index contributed by atoms with van der Waals surface area (Å²) >= 11 is 9.72. The van der Waals surface area contributed by atoms with Crippen LogP contribution in [-0.4, -0.2) is 18.2 Å². The van der Waals surface area contributed by atoms with Crippen LogP contribution in [0.25, 0.3) is 0 Å². The highest BCUT2D eigenvalue weighted by atomic mass is 127. The van der Waals surface area contributed by atoms with E-state index in [0.29, 0.717) is 12.1 Å². The molecule has 0 atom stereocenters. The average Bonchev–Trinajstić information content (AvgIpc) is 2.45. The van der Waals surface area contributed by atoms with Crippen LogP contribution in [0.5, 0.6) is 0 Å². The topological polar surface area (TPSA) is 29.1 Å². The Balaban J connectivity index is 1.76. The van der Waals surface area contributed by atoms with Gasteiger partial charge >= 0.3 is 0 Å². The molecule has 0 aliphatic heterocycles. The van der Waals surface area contributed by atoms with E-state index in [-0.39, 0.29) is 5.91 Å². The number of hydrogen-bond acceptors (Lipinski definition) is 2. The summed E-state index contributed by atoms with van der Waals surface area (Å²) in [5.41, 5.74) is 0.702. The highest BCUT2D eigenvalue weighted by Gasteiger charge is 2.04. The molecule has 0 aliphatic rings. The van der Waals surface area contributed by atoms with Gasteiger partial charge < -0.3 is 5.32 Å². The molecule has 2 aromatic carbocycles. The molecule has 5 heteroatoms. The summed E-state index contributed by atoms with van der Waals surface area (Å²) in [6, 6.07) is 15.3. The summed E-state index contributed by atoms with van der Waals surface area (Å²) in [4.78, 5) is 13.1. The number of hydrogen-bond donors (Lipinski definition) is 1. The molecule has 1 N–H and O–H groups in total. The highest BCUT2D eigenvalue weighted by molar-refractivity contribution is 14.1.